The van der Waals surface area contributed by atoms with Gasteiger partial charge in [0, 0.05) is 24.8 Å². The van der Waals surface area contributed by atoms with E-state index in [-0.39, 0.29) is 23.7 Å². The topological polar surface area (TPSA) is 62.6 Å². The summed E-state index contributed by atoms with van der Waals surface area (Å²) in [7, 11) is 0. The lowest BCUT2D eigenvalue weighted by molar-refractivity contribution is -0.122. The van der Waals surface area contributed by atoms with Crippen LogP contribution in [0.4, 0.5) is 4.79 Å². The van der Waals surface area contributed by atoms with Gasteiger partial charge in [-0.1, -0.05) is 11.8 Å². The highest BCUT2D eigenvalue weighted by molar-refractivity contribution is 8.13. The second kappa shape index (κ2) is 6.65. The van der Waals surface area contributed by atoms with Crippen LogP contribution in [0, 0.1) is 0 Å². The molecular weight excluding hydrogens is 264 g/mol. The molecule has 1 atom stereocenters. The number of hydrogen-bond donors (Lipinski definition) is 1. The molecule has 1 aliphatic rings. The Morgan fingerprint density at radius 3 is 3.11 bits per heavy atom. The highest BCUT2D eigenvalue weighted by atomic mass is 32.2. The predicted octanol–water partition coefficient (Wildman–Crippen LogP) is 1.89. The van der Waals surface area contributed by atoms with E-state index in [4.69, 9.17) is 4.42 Å². The van der Waals surface area contributed by atoms with Gasteiger partial charge in [-0.25, -0.2) is 0 Å². The maximum Gasteiger partial charge on any atom is 0.282 e. The fourth-order valence-electron chi connectivity index (χ4n) is 1.95. The quantitative estimate of drug-likeness (QED) is 0.865. The van der Waals surface area contributed by atoms with Crippen molar-refractivity contribution in [1.82, 2.24) is 10.2 Å². The first-order valence-electron chi connectivity index (χ1n) is 6.38. The molecule has 1 saturated heterocycles. The molecule has 0 aromatic carbocycles. The molecule has 1 unspecified atom stereocenters. The number of carbonyl (C=O) groups excluding carboxylic acids is 2. The van der Waals surface area contributed by atoms with E-state index in [1.54, 1.807) is 11.2 Å². The summed E-state index contributed by atoms with van der Waals surface area (Å²) in [6, 6.07) is 3.85. The van der Waals surface area contributed by atoms with E-state index >= 15 is 0 Å². The van der Waals surface area contributed by atoms with Crippen molar-refractivity contribution in [2.24, 2.45) is 0 Å². The fraction of sp³-hybridized carbons (Fsp3) is 0.538. The molecule has 0 saturated carbocycles. The highest BCUT2D eigenvalue weighted by Gasteiger charge is 2.23. The minimum absolute atomic E-state index is 0.00149. The summed E-state index contributed by atoms with van der Waals surface area (Å²) in [4.78, 5) is 24.7. The average molecular weight is 282 g/mol. The molecule has 2 heterocycles. The molecule has 2 rings (SSSR count). The lowest BCUT2D eigenvalue weighted by atomic mass is 10.1. The van der Waals surface area contributed by atoms with E-state index in [0.717, 1.165) is 24.4 Å². The number of carbonyl (C=O) groups is 2. The van der Waals surface area contributed by atoms with Gasteiger partial charge in [-0.05, 0) is 25.5 Å². The van der Waals surface area contributed by atoms with Crippen LogP contribution in [-0.4, -0.2) is 40.9 Å². The van der Waals surface area contributed by atoms with Gasteiger partial charge in [-0.3, -0.25) is 9.59 Å². The predicted molar refractivity (Wildman–Crippen MR) is 74.1 cm³/mol. The minimum atomic E-state index is -0.0946. The average Bonchev–Trinajstić information content (AvgIpc) is 2.99. The second-order valence-electron chi connectivity index (χ2n) is 4.62. The number of nitrogens with zero attached hydrogens (tertiary/aromatic N) is 1. The summed E-state index contributed by atoms with van der Waals surface area (Å²) in [6.07, 6.45) is 3.27. The Balaban J connectivity index is 1.68. The first-order valence-corrected chi connectivity index (χ1v) is 7.37. The number of aryl methyl sites for hydroxylation is 1. The summed E-state index contributed by atoms with van der Waals surface area (Å²) < 4.78 is 5.24. The third-order valence-corrected chi connectivity index (χ3v) is 3.88. The largest absolute Gasteiger partial charge is 0.469 e. The third kappa shape index (κ3) is 4.31. The van der Waals surface area contributed by atoms with E-state index in [0.29, 0.717) is 6.54 Å². The van der Waals surface area contributed by atoms with Crippen molar-refractivity contribution in [2.45, 2.75) is 25.8 Å². The van der Waals surface area contributed by atoms with Crippen LogP contribution >= 0.6 is 11.8 Å². The normalized spacial score (nSPS) is 16.7. The van der Waals surface area contributed by atoms with E-state index < -0.39 is 0 Å². The van der Waals surface area contributed by atoms with Crippen LogP contribution in [0.3, 0.4) is 0 Å². The van der Waals surface area contributed by atoms with Gasteiger partial charge < -0.3 is 14.6 Å². The fourth-order valence-corrected chi connectivity index (χ4v) is 2.77. The Morgan fingerprint density at radius 1 is 1.63 bits per heavy atom. The van der Waals surface area contributed by atoms with Crippen molar-refractivity contribution in [1.29, 1.82) is 0 Å². The van der Waals surface area contributed by atoms with Gasteiger partial charge in [-0.2, -0.15) is 0 Å². The first kappa shape index (κ1) is 14.0. The second-order valence-corrected chi connectivity index (χ2v) is 5.67. The maximum atomic E-state index is 11.8. The molecule has 6 heteroatoms. The van der Waals surface area contributed by atoms with Crippen molar-refractivity contribution < 1.29 is 14.0 Å². The van der Waals surface area contributed by atoms with Crippen molar-refractivity contribution in [2.75, 3.05) is 18.8 Å². The third-order valence-electron chi connectivity index (χ3n) is 2.99. The van der Waals surface area contributed by atoms with E-state index in [1.165, 1.54) is 11.8 Å². The lowest BCUT2D eigenvalue weighted by Crippen LogP contribution is -2.41. The number of thioether (sulfide) groups is 1. The monoisotopic (exact) mass is 282 g/mol. The molecule has 5 nitrogen and oxygen atoms in total. The molecule has 1 aromatic rings. The number of amides is 2. The smallest absolute Gasteiger partial charge is 0.282 e. The number of hydrogen-bond acceptors (Lipinski definition) is 4. The standard InChI is InChI=1S/C13H18N2O3S/c1-10(4-5-11-3-2-7-18-11)14-12(16)9-15-6-8-19-13(15)17/h2-3,7,10H,4-6,8-9H2,1H3,(H,14,16). The van der Waals surface area contributed by atoms with Crippen LogP contribution in [0.2, 0.25) is 0 Å². The van der Waals surface area contributed by atoms with Crippen molar-refractivity contribution in [3.8, 4) is 0 Å². The van der Waals surface area contributed by atoms with Crippen LogP contribution in [0.5, 0.6) is 0 Å². The molecule has 1 fully saturated rings. The van der Waals surface area contributed by atoms with Crippen LogP contribution in [-0.2, 0) is 11.2 Å². The number of furan rings is 1. The summed E-state index contributed by atoms with van der Waals surface area (Å²) in [6.45, 7) is 2.79. The molecule has 0 aliphatic carbocycles. The lowest BCUT2D eigenvalue weighted by Gasteiger charge is -2.17. The molecule has 1 aliphatic heterocycles. The van der Waals surface area contributed by atoms with E-state index in [1.807, 2.05) is 19.1 Å². The maximum absolute atomic E-state index is 11.8. The molecule has 104 valence electrons. The number of rotatable bonds is 6. The van der Waals surface area contributed by atoms with Gasteiger partial charge in [0.15, 0.2) is 0 Å². The van der Waals surface area contributed by atoms with Crippen LogP contribution in [0.1, 0.15) is 19.1 Å². The first-order chi connectivity index (χ1) is 9.15. The number of nitrogens with one attached hydrogen (secondary N) is 1. The van der Waals surface area contributed by atoms with Crippen LogP contribution < -0.4 is 5.32 Å². The highest BCUT2D eigenvalue weighted by Crippen LogP contribution is 2.16. The SMILES string of the molecule is CC(CCc1ccco1)NC(=O)CN1CCSC1=O. The molecule has 0 radical (unpaired) electrons. The zero-order valence-electron chi connectivity index (χ0n) is 10.9. The Morgan fingerprint density at radius 2 is 2.47 bits per heavy atom. The van der Waals surface area contributed by atoms with Gasteiger partial charge in [0.25, 0.3) is 5.24 Å². The Labute approximate surface area is 116 Å². The summed E-state index contributed by atoms with van der Waals surface area (Å²) in [5.74, 6) is 1.61. The molecular formula is C13H18N2O3S. The minimum Gasteiger partial charge on any atom is -0.469 e. The van der Waals surface area contributed by atoms with Crippen LogP contribution in [0.25, 0.3) is 0 Å². The summed E-state index contributed by atoms with van der Waals surface area (Å²) >= 11 is 1.27. The van der Waals surface area contributed by atoms with Crippen molar-refractivity contribution in [3.05, 3.63) is 24.2 Å². The Kier molecular flexibility index (Phi) is 4.90. The molecule has 19 heavy (non-hydrogen) atoms. The molecule has 2 amide bonds. The molecule has 1 aromatic heterocycles. The molecule has 1 N–H and O–H groups in total. The summed E-state index contributed by atoms with van der Waals surface area (Å²) in [5, 5.41) is 2.90. The van der Waals surface area contributed by atoms with Gasteiger partial charge in [0.1, 0.15) is 12.3 Å². The van der Waals surface area contributed by atoms with Gasteiger partial charge in [0.2, 0.25) is 5.91 Å². The Bertz CT molecular complexity index is 433. The van der Waals surface area contributed by atoms with E-state index in [2.05, 4.69) is 5.32 Å². The van der Waals surface area contributed by atoms with Gasteiger partial charge in [-0.15, -0.1) is 0 Å². The molecule has 0 bridgehead atoms. The van der Waals surface area contributed by atoms with Gasteiger partial charge >= 0.3 is 0 Å². The summed E-state index contributed by atoms with van der Waals surface area (Å²) in [5.41, 5.74) is 0. The van der Waals surface area contributed by atoms with Crippen LogP contribution in [0.15, 0.2) is 22.8 Å². The zero-order valence-corrected chi connectivity index (χ0v) is 11.7. The Hall–Kier alpha value is -1.43. The van der Waals surface area contributed by atoms with Crippen molar-refractivity contribution >= 4 is 22.9 Å². The zero-order chi connectivity index (χ0) is 13.7. The van der Waals surface area contributed by atoms with Crippen molar-refractivity contribution in [3.63, 3.8) is 0 Å². The molecule has 0 spiro atoms. The van der Waals surface area contributed by atoms with Gasteiger partial charge in [0.05, 0.1) is 6.26 Å². The van der Waals surface area contributed by atoms with E-state index in [9.17, 15) is 9.59 Å².